The zero-order chi connectivity index (χ0) is 12.3. The zero-order valence-corrected chi connectivity index (χ0v) is 9.10. The van der Waals surface area contributed by atoms with Gasteiger partial charge in [-0.2, -0.15) is 0 Å². The molecule has 0 aliphatic rings. The van der Waals surface area contributed by atoms with Crippen molar-refractivity contribution in [3.63, 3.8) is 0 Å². The number of rotatable bonds is 3. The Morgan fingerprint density at radius 1 is 1.19 bits per heavy atom. The molecule has 1 aromatic rings. The Kier molecular flexibility index (Phi) is 3.44. The van der Waals surface area contributed by atoms with Gasteiger partial charge in [0, 0.05) is 6.07 Å². The van der Waals surface area contributed by atoms with Crippen LogP contribution in [0.15, 0.2) is 6.07 Å². The van der Waals surface area contributed by atoms with E-state index in [0.717, 1.165) is 6.07 Å². The second-order valence-electron chi connectivity index (χ2n) is 2.85. The van der Waals surface area contributed by atoms with E-state index in [-0.39, 0.29) is 17.1 Å². The Balaban J connectivity index is 3.53. The summed E-state index contributed by atoms with van der Waals surface area (Å²) in [7, 11) is 3.75. The van der Waals surface area contributed by atoms with Crippen LogP contribution in [0.4, 0.5) is 0 Å². The monoisotopic (exact) mass is 228 g/mol. The number of methoxy groups -OCH3 is 3. The highest BCUT2D eigenvalue weighted by Crippen LogP contribution is 2.43. The van der Waals surface area contributed by atoms with E-state index in [2.05, 4.69) is 4.74 Å². The molecule has 0 amide bonds. The largest absolute Gasteiger partial charge is 0.504 e. The molecule has 1 aromatic carbocycles. The van der Waals surface area contributed by atoms with Crippen molar-refractivity contribution in [2.75, 3.05) is 21.3 Å². The minimum atomic E-state index is -0.732. The SMILES string of the molecule is COC(=O)c1c(OC)cc(O)c(O)c1OC. The first-order valence-corrected chi connectivity index (χ1v) is 4.32. The highest BCUT2D eigenvalue weighted by Gasteiger charge is 2.25. The summed E-state index contributed by atoms with van der Waals surface area (Å²) in [5.74, 6) is -1.85. The number of benzene rings is 1. The van der Waals surface area contributed by atoms with E-state index in [0.29, 0.717) is 0 Å². The van der Waals surface area contributed by atoms with Crippen molar-refractivity contribution in [3.8, 4) is 23.0 Å². The van der Waals surface area contributed by atoms with Gasteiger partial charge in [-0.25, -0.2) is 4.79 Å². The van der Waals surface area contributed by atoms with Crippen molar-refractivity contribution in [2.24, 2.45) is 0 Å². The van der Waals surface area contributed by atoms with Gasteiger partial charge in [-0.3, -0.25) is 0 Å². The van der Waals surface area contributed by atoms with Crippen molar-refractivity contribution in [3.05, 3.63) is 11.6 Å². The molecule has 88 valence electrons. The summed E-state index contributed by atoms with van der Waals surface area (Å²) in [5.41, 5.74) is -0.0807. The van der Waals surface area contributed by atoms with E-state index in [9.17, 15) is 15.0 Å². The molecule has 0 saturated carbocycles. The van der Waals surface area contributed by atoms with Crippen molar-refractivity contribution in [2.45, 2.75) is 0 Å². The van der Waals surface area contributed by atoms with E-state index in [1.54, 1.807) is 0 Å². The van der Waals surface area contributed by atoms with Gasteiger partial charge in [0.15, 0.2) is 11.5 Å². The summed E-state index contributed by atoms with van der Waals surface area (Å²) in [4.78, 5) is 11.5. The number of hydrogen-bond donors (Lipinski definition) is 2. The standard InChI is InChI=1S/C10H12O6/c1-14-6-4-5(11)8(12)9(15-2)7(6)10(13)16-3/h4,11-12H,1-3H3. The molecular weight excluding hydrogens is 216 g/mol. The lowest BCUT2D eigenvalue weighted by Crippen LogP contribution is -2.07. The lowest BCUT2D eigenvalue weighted by atomic mass is 10.1. The number of phenolic OH excluding ortho intramolecular Hbond substituents is 2. The van der Waals surface area contributed by atoms with Crippen LogP contribution < -0.4 is 9.47 Å². The molecule has 6 nitrogen and oxygen atoms in total. The van der Waals surface area contributed by atoms with E-state index in [4.69, 9.17) is 9.47 Å². The van der Waals surface area contributed by atoms with Gasteiger partial charge in [-0.05, 0) is 0 Å². The third kappa shape index (κ3) is 1.81. The highest BCUT2D eigenvalue weighted by atomic mass is 16.5. The molecule has 0 heterocycles. The maximum atomic E-state index is 11.5. The van der Waals surface area contributed by atoms with Gasteiger partial charge >= 0.3 is 5.97 Å². The summed E-state index contributed by atoms with van der Waals surface area (Å²) in [6.07, 6.45) is 0. The van der Waals surface area contributed by atoms with Crippen LogP contribution in [0.3, 0.4) is 0 Å². The molecule has 0 radical (unpaired) electrons. The molecule has 0 aliphatic heterocycles. The number of carbonyl (C=O) groups excluding carboxylic acids is 1. The topological polar surface area (TPSA) is 85.2 Å². The van der Waals surface area contributed by atoms with Crippen LogP contribution in [0.25, 0.3) is 0 Å². The van der Waals surface area contributed by atoms with E-state index in [1.807, 2.05) is 0 Å². The van der Waals surface area contributed by atoms with Crippen molar-refractivity contribution < 1.29 is 29.2 Å². The summed E-state index contributed by atoms with van der Waals surface area (Å²) in [5, 5.41) is 18.9. The van der Waals surface area contributed by atoms with Crippen LogP contribution in [0.2, 0.25) is 0 Å². The maximum Gasteiger partial charge on any atom is 0.345 e. The van der Waals surface area contributed by atoms with Crippen molar-refractivity contribution in [1.82, 2.24) is 0 Å². The average molecular weight is 228 g/mol. The fourth-order valence-corrected chi connectivity index (χ4v) is 1.27. The third-order valence-electron chi connectivity index (χ3n) is 2.01. The van der Waals surface area contributed by atoms with Crippen molar-refractivity contribution >= 4 is 5.97 Å². The summed E-state index contributed by atoms with van der Waals surface area (Å²) >= 11 is 0. The van der Waals surface area contributed by atoms with E-state index >= 15 is 0 Å². The predicted octanol–water partition coefficient (Wildman–Crippen LogP) is 0.902. The van der Waals surface area contributed by atoms with Crippen molar-refractivity contribution in [1.29, 1.82) is 0 Å². The van der Waals surface area contributed by atoms with Gasteiger partial charge in [0.05, 0.1) is 21.3 Å². The molecule has 0 bridgehead atoms. The molecule has 0 aliphatic carbocycles. The number of carbonyl (C=O) groups is 1. The molecule has 6 heteroatoms. The second-order valence-corrected chi connectivity index (χ2v) is 2.85. The molecule has 0 spiro atoms. The molecule has 1 rings (SSSR count). The molecule has 0 saturated heterocycles. The van der Waals surface area contributed by atoms with E-state index in [1.165, 1.54) is 21.3 Å². The maximum absolute atomic E-state index is 11.5. The zero-order valence-electron chi connectivity index (χ0n) is 9.10. The van der Waals surface area contributed by atoms with Crippen LogP contribution in [0, 0.1) is 0 Å². The Morgan fingerprint density at radius 3 is 2.25 bits per heavy atom. The fraction of sp³-hybridized carbons (Fsp3) is 0.300. The molecule has 16 heavy (non-hydrogen) atoms. The van der Waals surface area contributed by atoms with Crippen LogP contribution in [-0.2, 0) is 4.74 Å². The lowest BCUT2D eigenvalue weighted by Gasteiger charge is -2.13. The molecular formula is C10H12O6. The highest BCUT2D eigenvalue weighted by molar-refractivity contribution is 5.97. The molecule has 2 N–H and O–H groups in total. The minimum Gasteiger partial charge on any atom is -0.504 e. The number of esters is 1. The Hall–Kier alpha value is -2.11. The lowest BCUT2D eigenvalue weighted by molar-refractivity contribution is 0.0592. The molecule has 0 aromatic heterocycles. The summed E-state index contributed by atoms with van der Waals surface area (Å²) in [6.45, 7) is 0. The predicted molar refractivity (Wildman–Crippen MR) is 54.2 cm³/mol. The summed E-state index contributed by atoms with van der Waals surface area (Å²) in [6, 6.07) is 1.10. The Bertz CT molecular complexity index is 412. The molecule has 0 fully saturated rings. The third-order valence-corrected chi connectivity index (χ3v) is 2.01. The molecule has 0 unspecified atom stereocenters. The second kappa shape index (κ2) is 4.61. The van der Waals surface area contributed by atoms with Crippen LogP contribution in [0.5, 0.6) is 23.0 Å². The minimum absolute atomic E-state index is 0.0546. The van der Waals surface area contributed by atoms with E-state index < -0.39 is 17.5 Å². The Morgan fingerprint density at radius 2 is 1.81 bits per heavy atom. The molecule has 0 atom stereocenters. The van der Waals surface area contributed by atoms with Gasteiger partial charge < -0.3 is 24.4 Å². The first-order valence-electron chi connectivity index (χ1n) is 4.32. The number of phenols is 2. The van der Waals surface area contributed by atoms with Gasteiger partial charge in [0.2, 0.25) is 5.75 Å². The Labute approximate surface area is 92.0 Å². The van der Waals surface area contributed by atoms with Gasteiger partial charge in [0.25, 0.3) is 0 Å². The summed E-state index contributed by atoms with van der Waals surface area (Å²) < 4.78 is 14.3. The fourth-order valence-electron chi connectivity index (χ4n) is 1.27. The van der Waals surface area contributed by atoms with Crippen LogP contribution in [-0.4, -0.2) is 37.5 Å². The first-order chi connectivity index (χ1) is 7.56. The van der Waals surface area contributed by atoms with Crippen LogP contribution >= 0.6 is 0 Å². The van der Waals surface area contributed by atoms with Gasteiger partial charge in [-0.1, -0.05) is 0 Å². The number of ether oxygens (including phenoxy) is 3. The quantitative estimate of drug-likeness (QED) is 0.590. The smallest absolute Gasteiger partial charge is 0.345 e. The van der Waals surface area contributed by atoms with Gasteiger partial charge in [0.1, 0.15) is 11.3 Å². The van der Waals surface area contributed by atoms with Gasteiger partial charge in [-0.15, -0.1) is 0 Å². The normalized spacial score (nSPS) is 9.69. The first kappa shape index (κ1) is 12.0. The van der Waals surface area contributed by atoms with Crippen LogP contribution in [0.1, 0.15) is 10.4 Å². The number of aromatic hydroxyl groups is 2. The average Bonchev–Trinajstić information content (AvgIpc) is 2.30. The number of hydrogen-bond acceptors (Lipinski definition) is 6.